The van der Waals surface area contributed by atoms with Crippen molar-refractivity contribution in [2.45, 2.75) is 18.6 Å². The summed E-state index contributed by atoms with van der Waals surface area (Å²) in [6.45, 7) is 3.43. The predicted molar refractivity (Wildman–Crippen MR) is 56.5 cm³/mol. The lowest BCUT2D eigenvalue weighted by molar-refractivity contribution is -0.162. The maximum Gasteiger partial charge on any atom is 0.338 e. The molecule has 1 aliphatic heterocycles. The van der Waals surface area contributed by atoms with Crippen LogP contribution < -0.4 is 5.32 Å². The van der Waals surface area contributed by atoms with Gasteiger partial charge in [0.1, 0.15) is 6.04 Å². The number of aliphatic hydroxyl groups is 1. The molecule has 0 aromatic heterocycles. The molecule has 0 amide bonds. The first-order valence-corrected chi connectivity index (χ1v) is 5.16. The van der Waals surface area contributed by atoms with Gasteiger partial charge in [0.2, 0.25) is 0 Å². The van der Waals surface area contributed by atoms with Crippen LogP contribution in [-0.2, 0) is 9.53 Å². The highest BCUT2D eigenvalue weighted by Crippen LogP contribution is 2.12. The van der Waals surface area contributed by atoms with Crippen LogP contribution >= 0.6 is 0 Å². The number of esters is 1. The summed E-state index contributed by atoms with van der Waals surface area (Å²) in [4.78, 5) is 13.1. The van der Waals surface area contributed by atoms with E-state index in [0.29, 0.717) is 13.1 Å². The van der Waals surface area contributed by atoms with E-state index in [2.05, 4.69) is 16.1 Å². The van der Waals surface area contributed by atoms with Crippen LogP contribution in [0, 0.1) is 11.3 Å². The van der Waals surface area contributed by atoms with Gasteiger partial charge in [-0.3, -0.25) is 4.90 Å². The molecular formula is C10H17N3O3. The molecule has 6 heteroatoms. The van der Waals surface area contributed by atoms with Gasteiger partial charge in [0.15, 0.2) is 5.60 Å². The van der Waals surface area contributed by atoms with Gasteiger partial charge in [0.25, 0.3) is 0 Å². The monoisotopic (exact) mass is 227 g/mol. The van der Waals surface area contributed by atoms with E-state index in [0.717, 1.165) is 6.54 Å². The van der Waals surface area contributed by atoms with Crippen molar-refractivity contribution in [3.05, 3.63) is 0 Å². The maximum absolute atomic E-state index is 11.3. The Bertz CT molecular complexity index is 298. The third-order valence-corrected chi connectivity index (χ3v) is 2.64. The molecule has 2 unspecified atom stereocenters. The second-order valence-electron chi connectivity index (χ2n) is 4.08. The largest absolute Gasteiger partial charge is 0.467 e. The van der Waals surface area contributed by atoms with E-state index >= 15 is 0 Å². The molecule has 0 spiro atoms. The van der Waals surface area contributed by atoms with Gasteiger partial charge in [-0.15, -0.1) is 0 Å². The summed E-state index contributed by atoms with van der Waals surface area (Å²) < 4.78 is 4.51. The first-order chi connectivity index (χ1) is 7.51. The van der Waals surface area contributed by atoms with Gasteiger partial charge >= 0.3 is 5.97 Å². The Balaban J connectivity index is 2.64. The topological polar surface area (TPSA) is 85.6 Å². The number of hydrogen-bond donors (Lipinski definition) is 2. The molecule has 1 heterocycles. The van der Waals surface area contributed by atoms with Crippen molar-refractivity contribution in [2.24, 2.45) is 0 Å². The number of hydrogen-bond acceptors (Lipinski definition) is 6. The highest BCUT2D eigenvalue weighted by atomic mass is 16.5. The van der Waals surface area contributed by atoms with Crippen LogP contribution in [0.1, 0.15) is 6.92 Å². The molecule has 0 radical (unpaired) electrons. The fraction of sp³-hybridized carbons (Fsp3) is 0.800. The smallest absolute Gasteiger partial charge is 0.338 e. The van der Waals surface area contributed by atoms with Crippen molar-refractivity contribution in [1.82, 2.24) is 10.2 Å². The number of carbonyl (C=O) groups is 1. The molecule has 0 saturated carbocycles. The molecule has 1 fully saturated rings. The highest BCUT2D eigenvalue weighted by molar-refractivity contribution is 5.78. The lowest BCUT2D eigenvalue weighted by Gasteiger charge is -2.35. The lowest BCUT2D eigenvalue weighted by atomic mass is 10.0. The van der Waals surface area contributed by atoms with Crippen molar-refractivity contribution in [3.63, 3.8) is 0 Å². The average Bonchev–Trinajstić information content (AvgIpc) is 2.28. The van der Waals surface area contributed by atoms with Crippen LogP contribution in [-0.4, -0.2) is 60.9 Å². The number of nitriles is 1. The Labute approximate surface area is 94.8 Å². The number of ether oxygens (including phenoxy) is 1. The minimum absolute atomic E-state index is 0.111. The minimum Gasteiger partial charge on any atom is -0.467 e. The van der Waals surface area contributed by atoms with E-state index in [4.69, 9.17) is 5.26 Å². The van der Waals surface area contributed by atoms with Gasteiger partial charge in [-0.1, -0.05) is 0 Å². The summed E-state index contributed by atoms with van der Waals surface area (Å²) in [6, 6.07) is 1.82. The van der Waals surface area contributed by atoms with Crippen LogP contribution in [0.5, 0.6) is 0 Å². The molecule has 0 bridgehead atoms. The third kappa shape index (κ3) is 2.92. The molecule has 0 aromatic carbocycles. The zero-order valence-electron chi connectivity index (χ0n) is 9.56. The minimum atomic E-state index is -1.57. The Hall–Kier alpha value is -1.16. The van der Waals surface area contributed by atoms with Gasteiger partial charge < -0.3 is 15.2 Å². The number of β-amino-alcohol motifs (C(OH)–C–C–N with tert-alkyl or cyclic N) is 1. The SMILES string of the molecule is COC(=O)C(C)(O)CN1CCNCC1C#N. The molecule has 16 heavy (non-hydrogen) atoms. The van der Waals surface area contributed by atoms with E-state index in [1.807, 2.05) is 0 Å². The Morgan fingerprint density at radius 3 is 3.06 bits per heavy atom. The normalized spacial score (nSPS) is 25.5. The molecule has 1 saturated heterocycles. The van der Waals surface area contributed by atoms with Crippen molar-refractivity contribution in [2.75, 3.05) is 33.3 Å². The fourth-order valence-electron chi connectivity index (χ4n) is 1.74. The van der Waals surface area contributed by atoms with Crippen molar-refractivity contribution >= 4 is 5.97 Å². The molecule has 1 rings (SSSR count). The summed E-state index contributed by atoms with van der Waals surface area (Å²) in [6.07, 6.45) is 0. The molecule has 0 aromatic rings. The maximum atomic E-state index is 11.3. The molecule has 0 aliphatic carbocycles. The number of methoxy groups -OCH3 is 1. The van der Waals surface area contributed by atoms with Gasteiger partial charge in [-0.2, -0.15) is 5.26 Å². The zero-order valence-corrected chi connectivity index (χ0v) is 9.56. The molecular weight excluding hydrogens is 210 g/mol. The average molecular weight is 227 g/mol. The Morgan fingerprint density at radius 1 is 1.81 bits per heavy atom. The fourth-order valence-corrected chi connectivity index (χ4v) is 1.74. The van der Waals surface area contributed by atoms with E-state index in [9.17, 15) is 9.90 Å². The predicted octanol–water partition coefficient (Wildman–Crippen LogP) is -1.29. The lowest BCUT2D eigenvalue weighted by Crippen LogP contribution is -2.57. The summed E-state index contributed by atoms with van der Waals surface area (Å²) in [5, 5.41) is 21.9. The third-order valence-electron chi connectivity index (χ3n) is 2.64. The molecule has 1 aliphatic rings. The quantitative estimate of drug-likeness (QED) is 0.583. The van der Waals surface area contributed by atoms with Crippen LogP contribution in [0.4, 0.5) is 0 Å². The van der Waals surface area contributed by atoms with Crippen LogP contribution in [0.3, 0.4) is 0 Å². The zero-order chi connectivity index (χ0) is 12.2. The standard InChI is InChI=1S/C10H17N3O3/c1-10(15,9(14)16-2)7-13-4-3-12-6-8(13)5-11/h8,12,15H,3-4,6-7H2,1-2H3. The van der Waals surface area contributed by atoms with Crippen LogP contribution in [0.15, 0.2) is 0 Å². The number of nitrogens with zero attached hydrogens (tertiary/aromatic N) is 2. The van der Waals surface area contributed by atoms with Gasteiger partial charge in [0.05, 0.1) is 13.2 Å². The van der Waals surface area contributed by atoms with E-state index in [-0.39, 0.29) is 12.6 Å². The van der Waals surface area contributed by atoms with Crippen molar-refractivity contribution in [1.29, 1.82) is 5.26 Å². The molecule has 2 atom stereocenters. The number of piperazine rings is 1. The van der Waals surface area contributed by atoms with Crippen LogP contribution in [0.25, 0.3) is 0 Å². The molecule has 2 N–H and O–H groups in total. The Kier molecular flexibility index (Phi) is 4.24. The number of nitrogens with one attached hydrogen (secondary N) is 1. The number of rotatable bonds is 3. The molecule has 90 valence electrons. The second-order valence-corrected chi connectivity index (χ2v) is 4.08. The van der Waals surface area contributed by atoms with Crippen molar-refractivity contribution in [3.8, 4) is 6.07 Å². The summed E-state index contributed by atoms with van der Waals surface area (Å²) in [5.74, 6) is -0.678. The highest BCUT2D eigenvalue weighted by Gasteiger charge is 2.36. The second kappa shape index (κ2) is 5.25. The van der Waals surface area contributed by atoms with E-state index in [1.165, 1.54) is 14.0 Å². The van der Waals surface area contributed by atoms with Gasteiger partial charge in [-0.05, 0) is 6.92 Å². The summed E-state index contributed by atoms with van der Waals surface area (Å²) in [7, 11) is 1.23. The van der Waals surface area contributed by atoms with E-state index in [1.54, 1.807) is 4.90 Å². The van der Waals surface area contributed by atoms with Gasteiger partial charge in [0, 0.05) is 26.2 Å². The van der Waals surface area contributed by atoms with Crippen molar-refractivity contribution < 1.29 is 14.6 Å². The first kappa shape index (κ1) is 12.9. The Morgan fingerprint density at radius 2 is 2.50 bits per heavy atom. The first-order valence-electron chi connectivity index (χ1n) is 5.16. The summed E-state index contributed by atoms with van der Waals surface area (Å²) >= 11 is 0. The van der Waals surface area contributed by atoms with Crippen LogP contribution in [0.2, 0.25) is 0 Å². The molecule has 6 nitrogen and oxygen atoms in total. The summed E-state index contributed by atoms with van der Waals surface area (Å²) in [5.41, 5.74) is -1.57. The number of carbonyl (C=O) groups excluding carboxylic acids is 1. The van der Waals surface area contributed by atoms with E-state index < -0.39 is 11.6 Å². The van der Waals surface area contributed by atoms with Gasteiger partial charge in [-0.25, -0.2) is 4.79 Å².